The molecule has 1 aromatic carbocycles. The maximum atomic E-state index is 12.0. The zero-order chi connectivity index (χ0) is 15.2. The number of carboxylic acids is 1. The van der Waals surface area contributed by atoms with Crippen molar-refractivity contribution in [3.8, 4) is 0 Å². The first-order valence-electron chi connectivity index (χ1n) is 6.67. The average Bonchev–Trinajstić information content (AvgIpc) is 2.86. The van der Waals surface area contributed by atoms with Gasteiger partial charge in [0.25, 0.3) is 0 Å². The van der Waals surface area contributed by atoms with E-state index < -0.39 is 12.0 Å². The Hall–Kier alpha value is -1.95. The molecule has 0 aliphatic rings. The normalized spacial score (nSPS) is 12.2. The second kappa shape index (κ2) is 7.17. The molecule has 21 heavy (non-hydrogen) atoms. The SMILES string of the molecule is CSCC[C@@H](NC(=O)Cn1ccc2ccccc21)C(=O)O. The summed E-state index contributed by atoms with van der Waals surface area (Å²) in [6.45, 7) is 0.122. The highest BCUT2D eigenvalue weighted by molar-refractivity contribution is 7.98. The molecule has 2 rings (SSSR count). The van der Waals surface area contributed by atoms with Crippen molar-refractivity contribution in [2.75, 3.05) is 12.0 Å². The highest BCUT2D eigenvalue weighted by Gasteiger charge is 2.19. The summed E-state index contributed by atoms with van der Waals surface area (Å²) in [5.74, 6) is -0.580. The predicted molar refractivity (Wildman–Crippen MR) is 84.5 cm³/mol. The molecule has 1 amide bonds. The van der Waals surface area contributed by atoms with Crippen molar-refractivity contribution in [2.45, 2.75) is 19.0 Å². The number of carboxylic acid groups (broad SMARTS) is 1. The minimum atomic E-state index is -0.991. The van der Waals surface area contributed by atoms with Crippen molar-refractivity contribution in [3.05, 3.63) is 36.5 Å². The number of amides is 1. The number of fused-ring (bicyclic) bond motifs is 1. The van der Waals surface area contributed by atoms with Gasteiger partial charge in [0.05, 0.1) is 0 Å². The van der Waals surface area contributed by atoms with Gasteiger partial charge < -0.3 is 15.0 Å². The Morgan fingerprint density at radius 2 is 2.10 bits per heavy atom. The number of hydrogen-bond acceptors (Lipinski definition) is 3. The van der Waals surface area contributed by atoms with Crippen LogP contribution >= 0.6 is 11.8 Å². The van der Waals surface area contributed by atoms with E-state index in [0.29, 0.717) is 12.2 Å². The zero-order valence-electron chi connectivity index (χ0n) is 11.8. The lowest BCUT2D eigenvalue weighted by molar-refractivity contribution is -0.141. The summed E-state index contributed by atoms with van der Waals surface area (Å²) in [6, 6.07) is 8.87. The highest BCUT2D eigenvalue weighted by atomic mass is 32.2. The summed E-state index contributed by atoms with van der Waals surface area (Å²) < 4.78 is 1.82. The zero-order valence-corrected chi connectivity index (χ0v) is 12.6. The Morgan fingerprint density at radius 3 is 2.81 bits per heavy atom. The third-order valence-electron chi connectivity index (χ3n) is 3.24. The van der Waals surface area contributed by atoms with E-state index in [-0.39, 0.29) is 12.5 Å². The van der Waals surface area contributed by atoms with E-state index in [1.165, 1.54) is 0 Å². The van der Waals surface area contributed by atoms with Crippen LogP contribution < -0.4 is 5.32 Å². The number of carbonyl (C=O) groups excluding carboxylic acids is 1. The van der Waals surface area contributed by atoms with Crippen LogP contribution in [0.25, 0.3) is 10.9 Å². The van der Waals surface area contributed by atoms with Crippen molar-refractivity contribution in [1.82, 2.24) is 9.88 Å². The van der Waals surface area contributed by atoms with Crippen molar-refractivity contribution in [2.24, 2.45) is 0 Å². The number of hydrogen-bond donors (Lipinski definition) is 2. The molecule has 1 atom stereocenters. The van der Waals surface area contributed by atoms with Crippen LogP contribution in [0.1, 0.15) is 6.42 Å². The van der Waals surface area contributed by atoms with E-state index in [1.807, 2.05) is 47.4 Å². The van der Waals surface area contributed by atoms with Gasteiger partial charge in [-0.3, -0.25) is 4.79 Å². The van der Waals surface area contributed by atoms with Crippen LogP contribution in [0.2, 0.25) is 0 Å². The molecule has 0 aliphatic heterocycles. The van der Waals surface area contributed by atoms with E-state index in [0.717, 1.165) is 10.9 Å². The largest absolute Gasteiger partial charge is 0.480 e. The van der Waals surface area contributed by atoms with E-state index >= 15 is 0 Å². The number of aromatic nitrogens is 1. The van der Waals surface area contributed by atoms with Gasteiger partial charge >= 0.3 is 5.97 Å². The van der Waals surface area contributed by atoms with Crippen molar-refractivity contribution >= 4 is 34.5 Å². The maximum Gasteiger partial charge on any atom is 0.326 e. The van der Waals surface area contributed by atoms with Crippen LogP contribution in [-0.2, 0) is 16.1 Å². The Balaban J connectivity index is 2.02. The Bertz CT molecular complexity index is 639. The second-order valence-electron chi connectivity index (χ2n) is 4.74. The summed E-state index contributed by atoms with van der Waals surface area (Å²) in [5, 5.41) is 12.8. The molecule has 1 heterocycles. The molecule has 6 heteroatoms. The quantitative estimate of drug-likeness (QED) is 0.820. The van der Waals surface area contributed by atoms with Gasteiger partial charge in [-0.15, -0.1) is 0 Å². The maximum absolute atomic E-state index is 12.0. The molecule has 0 bridgehead atoms. The summed E-state index contributed by atoms with van der Waals surface area (Å²) in [5.41, 5.74) is 0.962. The standard InChI is InChI=1S/C15H18N2O3S/c1-21-9-7-12(15(19)20)16-14(18)10-17-8-6-11-4-2-3-5-13(11)17/h2-6,8,12H,7,9-10H2,1H3,(H,16,18)(H,19,20)/t12-/m1/s1. The molecule has 0 spiro atoms. The molecule has 0 aliphatic carbocycles. The number of nitrogens with one attached hydrogen (secondary N) is 1. The molecule has 112 valence electrons. The number of aliphatic carboxylic acids is 1. The fourth-order valence-corrected chi connectivity index (χ4v) is 2.64. The number of carbonyl (C=O) groups is 2. The number of thioether (sulfide) groups is 1. The summed E-state index contributed by atoms with van der Waals surface area (Å²) in [7, 11) is 0. The van der Waals surface area contributed by atoms with Crippen LogP contribution in [0.4, 0.5) is 0 Å². The minimum absolute atomic E-state index is 0.122. The van der Waals surface area contributed by atoms with Gasteiger partial charge in [0.2, 0.25) is 5.91 Å². The van der Waals surface area contributed by atoms with Crippen molar-refractivity contribution < 1.29 is 14.7 Å². The lowest BCUT2D eigenvalue weighted by Crippen LogP contribution is -2.42. The van der Waals surface area contributed by atoms with Gasteiger partial charge in [0, 0.05) is 11.7 Å². The third kappa shape index (κ3) is 4.01. The molecule has 0 saturated heterocycles. The van der Waals surface area contributed by atoms with Crippen LogP contribution in [-0.4, -0.2) is 39.6 Å². The summed E-state index contributed by atoms with van der Waals surface area (Å²) in [4.78, 5) is 23.2. The first kappa shape index (κ1) is 15.4. The van der Waals surface area contributed by atoms with Gasteiger partial charge in [0.15, 0.2) is 0 Å². The number of para-hydroxylation sites is 1. The lowest BCUT2D eigenvalue weighted by Gasteiger charge is -2.14. The van der Waals surface area contributed by atoms with Crippen LogP contribution in [0.5, 0.6) is 0 Å². The molecule has 5 nitrogen and oxygen atoms in total. The Kier molecular flexibility index (Phi) is 5.27. The molecule has 0 fully saturated rings. The van der Waals surface area contributed by atoms with Crippen LogP contribution in [0.15, 0.2) is 36.5 Å². The van der Waals surface area contributed by atoms with Gasteiger partial charge in [0.1, 0.15) is 12.6 Å². The Morgan fingerprint density at radius 1 is 1.33 bits per heavy atom. The molecule has 2 aromatic rings. The van der Waals surface area contributed by atoms with E-state index in [1.54, 1.807) is 11.8 Å². The van der Waals surface area contributed by atoms with Crippen LogP contribution in [0, 0.1) is 0 Å². The Labute approximate surface area is 127 Å². The van der Waals surface area contributed by atoms with E-state index in [9.17, 15) is 9.59 Å². The molecular weight excluding hydrogens is 288 g/mol. The van der Waals surface area contributed by atoms with E-state index in [2.05, 4.69) is 5.32 Å². The lowest BCUT2D eigenvalue weighted by atomic mass is 10.2. The molecule has 0 radical (unpaired) electrons. The summed E-state index contributed by atoms with van der Waals surface area (Å²) >= 11 is 1.56. The van der Waals surface area contributed by atoms with Gasteiger partial charge in [-0.1, -0.05) is 18.2 Å². The number of rotatable bonds is 7. The van der Waals surface area contributed by atoms with Gasteiger partial charge in [-0.25, -0.2) is 4.79 Å². The summed E-state index contributed by atoms with van der Waals surface area (Å²) in [6.07, 6.45) is 4.17. The smallest absolute Gasteiger partial charge is 0.326 e. The number of nitrogens with zero attached hydrogens (tertiary/aromatic N) is 1. The molecule has 0 saturated carbocycles. The average molecular weight is 306 g/mol. The van der Waals surface area contributed by atoms with Crippen molar-refractivity contribution in [3.63, 3.8) is 0 Å². The van der Waals surface area contributed by atoms with Crippen molar-refractivity contribution in [1.29, 1.82) is 0 Å². The fraction of sp³-hybridized carbons (Fsp3) is 0.333. The van der Waals surface area contributed by atoms with Gasteiger partial charge in [-0.05, 0) is 35.9 Å². The molecule has 2 N–H and O–H groups in total. The topological polar surface area (TPSA) is 71.3 Å². The van der Waals surface area contributed by atoms with Crippen LogP contribution in [0.3, 0.4) is 0 Å². The molecule has 0 unspecified atom stereocenters. The third-order valence-corrected chi connectivity index (χ3v) is 3.88. The van der Waals surface area contributed by atoms with Gasteiger partial charge in [-0.2, -0.15) is 11.8 Å². The predicted octanol–water partition coefficient (Wildman–Crippen LogP) is 1.96. The molecular formula is C15H18N2O3S. The first-order chi connectivity index (χ1) is 10.1. The fourth-order valence-electron chi connectivity index (χ4n) is 2.17. The monoisotopic (exact) mass is 306 g/mol. The van der Waals surface area contributed by atoms with E-state index in [4.69, 9.17) is 5.11 Å². The molecule has 1 aromatic heterocycles. The first-order valence-corrected chi connectivity index (χ1v) is 8.06. The second-order valence-corrected chi connectivity index (χ2v) is 5.73. The number of benzene rings is 1. The minimum Gasteiger partial charge on any atom is -0.480 e. The highest BCUT2D eigenvalue weighted by Crippen LogP contribution is 2.14.